The summed E-state index contributed by atoms with van der Waals surface area (Å²) in [6.45, 7) is 1.29. The van der Waals surface area contributed by atoms with Gasteiger partial charge >= 0.3 is 11.9 Å². The number of aliphatic hydroxyl groups is 1. The van der Waals surface area contributed by atoms with E-state index in [0.29, 0.717) is 25.7 Å². The van der Waals surface area contributed by atoms with Crippen LogP contribution in [0.25, 0.3) is 0 Å². The molecule has 15 heavy (non-hydrogen) atoms. The van der Waals surface area contributed by atoms with Crippen LogP contribution in [0.5, 0.6) is 0 Å². The number of carbonyl (C=O) groups is 2. The normalized spacial score (nSPS) is 21.7. The number of hydrogen-bond donors (Lipinski definition) is 2. The van der Waals surface area contributed by atoms with E-state index in [1.807, 2.05) is 0 Å². The molecule has 1 rings (SSSR count). The topological polar surface area (TPSA) is 83.8 Å². The van der Waals surface area contributed by atoms with Crippen LogP contribution in [-0.4, -0.2) is 28.4 Å². The molecule has 1 fully saturated rings. The van der Waals surface area contributed by atoms with Crippen molar-refractivity contribution >= 4 is 11.9 Å². The lowest BCUT2D eigenvalue weighted by Crippen LogP contribution is -2.43. The van der Waals surface area contributed by atoms with E-state index in [9.17, 15) is 9.59 Å². The maximum Gasteiger partial charge on any atom is 0.325 e. The summed E-state index contributed by atoms with van der Waals surface area (Å²) in [6, 6.07) is 0. The number of ether oxygens (including phenoxy) is 1. The van der Waals surface area contributed by atoms with Gasteiger partial charge in [-0.2, -0.15) is 0 Å². The molecule has 1 aliphatic rings. The van der Waals surface area contributed by atoms with Gasteiger partial charge in [0.25, 0.3) is 0 Å². The van der Waals surface area contributed by atoms with E-state index in [1.54, 1.807) is 0 Å². The molecule has 5 heteroatoms. The van der Waals surface area contributed by atoms with Gasteiger partial charge in [0.05, 0.1) is 0 Å². The number of carboxylic acids is 1. The molecule has 0 amide bonds. The van der Waals surface area contributed by atoms with Crippen molar-refractivity contribution in [3.05, 3.63) is 0 Å². The van der Waals surface area contributed by atoms with E-state index in [-0.39, 0.29) is 0 Å². The van der Waals surface area contributed by atoms with Gasteiger partial charge in [-0.3, -0.25) is 9.59 Å². The average Bonchev–Trinajstić information content (AvgIpc) is 2.17. The molecular formula is C10H16O5. The first-order valence-corrected chi connectivity index (χ1v) is 5.11. The molecule has 1 unspecified atom stereocenters. The van der Waals surface area contributed by atoms with Crippen LogP contribution in [-0.2, 0) is 14.3 Å². The number of esters is 1. The van der Waals surface area contributed by atoms with Gasteiger partial charge in [-0.05, 0) is 19.8 Å². The van der Waals surface area contributed by atoms with Crippen molar-refractivity contribution in [2.24, 2.45) is 5.41 Å². The molecule has 0 bridgehead atoms. The van der Waals surface area contributed by atoms with Crippen LogP contribution in [0.2, 0.25) is 0 Å². The zero-order valence-corrected chi connectivity index (χ0v) is 8.73. The summed E-state index contributed by atoms with van der Waals surface area (Å²) in [6.07, 6.45) is 1.71. The van der Waals surface area contributed by atoms with E-state index in [2.05, 4.69) is 4.74 Å². The number of aliphatic hydroxyl groups excluding tert-OH is 1. The number of aliphatic carboxylic acids is 1. The third-order valence-electron chi connectivity index (χ3n) is 2.78. The third kappa shape index (κ3) is 2.47. The Morgan fingerprint density at radius 2 is 1.80 bits per heavy atom. The lowest BCUT2D eigenvalue weighted by Gasteiger charge is -2.31. The molecule has 0 spiro atoms. The van der Waals surface area contributed by atoms with Crippen molar-refractivity contribution in [3.8, 4) is 0 Å². The largest absolute Gasteiger partial charge is 0.480 e. The Labute approximate surface area is 88.0 Å². The molecule has 0 heterocycles. The highest BCUT2D eigenvalue weighted by Crippen LogP contribution is 2.37. The Balaban J connectivity index is 2.80. The van der Waals surface area contributed by atoms with Crippen molar-refractivity contribution in [2.45, 2.75) is 45.3 Å². The summed E-state index contributed by atoms with van der Waals surface area (Å²) in [5, 5.41) is 18.0. The Hall–Kier alpha value is -1.10. The van der Waals surface area contributed by atoms with Crippen LogP contribution in [0, 0.1) is 5.41 Å². The van der Waals surface area contributed by atoms with Crippen molar-refractivity contribution in [1.29, 1.82) is 0 Å². The number of hydrogen-bond acceptors (Lipinski definition) is 4. The molecule has 0 saturated heterocycles. The van der Waals surface area contributed by atoms with Gasteiger partial charge in [0.2, 0.25) is 0 Å². The fourth-order valence-corrected chi connectivity index (χ4v) is 1.93. The molecule has 1 saturated carbocycles. The van der Waals surface area contributed by atoms with E-state index in [4.69, 9.17) is 10.2 Å². The Kier molecular flexibility index (Phi) is 3.68. The number of carbonyl (C=O) groups excluding carboxylic acids is 1. The SMILES string of the molecule is CC(O)OC(=O)C1(C(=O)O)CCCCC1. The molecule has 0 aromatic rings. The number of rotatable bonds is 3. The predicted molar refractivity (Wildman–Crippen MR) is 50.9 cm³/mol. The van der Waals surface area contributed by atoms with Gasteiger partial charge in [-0.1, -0.05) is 19.3 Å². The second-order valence-corrected chi connectivity index (χ2v) is 3.95. The molecule has 2 N–H and O–H groups in total. The Morgan fingerprint density at radius 1 is 1.27 bits per heavy atom. The molecule has 5 nitrogen and oxygen atoms in total. The highest BCUT2D eigenvalue weighted by molar-refractivity contribution is 5.99. The maximum atomic E-state index is 11.6. The zero-order valence-electron chi connectivity index (χ0n) is 8.73. The second kappa shape index (κ2) is 4.61. The highest BCUT2D eigenvalue weighted by Gasteiger charge is 2.48. The minimum Gasteiger partial charge on any atom is -0.480 e. The fourth-order valence-electron chi connectivity index (χ4n) is 1.93. The first-order valence-electron chi connectivity index (χ1n) is 5.11. The van der Waals surface area contributed by atoms with E-state index in [0.717, 1.165) is 6.42 Å². The quantitative estimate of drug-likeness (QED) is 0.416. The molecule has 0 aromatic carbocycles. The monoisotopic (exact) mass is 216 g/mol. The van der Waals surface area contributed by atoms with Gasteiger partial charge < -0.3 is 14.9 Å². The van der Waals surface area contributed by atoms with Crippen molar-refractivity contribution in [1.82, 2.24) is 0 Å². The fraction of sp³-hybridized carbons (Fsp3) is 0.800. The molecule has 0 aliphatic heterocycles. The summed E-state index contributed by atoms with van der Waals surface area (Å²) in [5.41, 5.74) is -1.44. The van der Waals surface area contributed by atoms with Crippen molar-refractivity contribution < 1.29 is 24.5 Å². The Morgan fingerprint density at radius 3 is 2.20 bits per heavy atom. The van der Waals surface area contributed by atoms with Gasteiger partial charge in [0.15, 0.2) is 11.7 Å². The van der Waals surface area contributed by atoms with Crippen LogP contribution >= 0.6 is 0 Å². The Bertz CT molecular complexity index is 253. The minimum atomic E-state index is -1.44. The summed E-state index contributed by atoms with van der Waals surface area (Å²) in [4.78, 5) is 22.7. The van der Waals surface area contributed by atoms with Crippen LogP contribution in [0.4, 0.5) is 0 Å². The van der Waals surface area contributed by atoms with Crippen LogP contribution in [0.1, 0.15) is 39.0 Å². The van der Waals surface area contributed by atoms with E-state index in [1.165, 1.54) is 6.92 Å². The maximum absolute atomic E-state index is 11.6. The summed E-state index contributed by atoms with van der Waals surface area (Å²) >= 11 is 0. The molecule has 1 aliphatic carbocycles. The molecular weight excluding hydrogens is 200 g/mol. The van der Waals surface area contributed by atoms with E-state index >= 15 is 0 Å². The lowest BCUT2D eigenvalue weighted by molar-refractivity contribution is -0.186. The number of carboxylic acid groups (broad SMARTS) is 1. The zero-order chi connectivity index (χ0) is 11.5. The third-order valence-corrected chi connectivity index (χ3v) is 2.78. The molecule has 86 valence electrons. The lowest BCUT2D eigenvalue weighted by atomic mass is 9.74. The summed E-state index contributed by atoms with van der Waals surface area (Å²) in [5.74, 6) is -1.96. The first kappa shape index (κ1) is 12.0. The minimum absolute atomic E-state index is 0.299. The second-order valence-electron chi connectivity index (χ2n) is 3.95. The standard InChI is InChI=1S/C10H16O5/c1-7(11)15-9(14)10(8(12)13)5-3-2-4-6-10/h7,11H,2-6H2,1H3,(H,12,13). The molecule has 0 aromatic heterocycles. The van der Waals surface area contributed by atoms with Gasteiger partial charge in [0.1, 0.15) is 0 Å². The predicted octanol–water partition coefficient (Wildman–Crippen LogP) is 0.903. The molecule has 0 radical (unpaired) electrons. The van der Waals surface area contributed by atoms with Crippen LogP contribution < -0.4 is 0 Å². The smallest absolute Gasteiger partial charge is 0.325 e. The summed E-state index contributed by atoms with van der Waals surface area (Å²) < 4.78 is 4.59. The van der Waals surface area contributed by atoms with Crippen molar-refractivity contribution in [3.63, 3.8) is 0 Å². The van der Waals surface area contributed by atoms with E-state index < -0.39 is 23.6 Å². The average molecular weight is 216 g/mol. The highest BCUT2D eigenvalue weighted by atomic mass is 16.6. The first-order chi connectivity index (χ1) is 6.99. The van der Waals surface area contributed by atoms with Gasteiger partial charge in [-0.15, -0.1) is 0 Å². The van der Waals surface area contributed by atoms with Gasteiger partial charge in [-0.25, -0.2) is 0 Å². The van der Waals surface area contributed by atoms with Gasteiger partial charge in [0, 0.05) is 0 Å². The molecule has 1 atom stereocenters. The van der Waals surface area contributed by atoms with Crippen molar-refractivity contribution in [2.75, 3.05) is 0 Å². The van der Waals surface area contributed by atoms with Crippen LogP contribution in [0.15, 0.2) is 0 Å². The van der Waals surface area contributed by atoms with Crippen LogP contribution in [0.3, 0.4) is 0 Å². The summed E-state index contributed by atoms with van der Waals surface area (Å²) in [7, 11) is 0.